The molecule has 0 saturated carbocycles. The number of unbranched alkanes of at least 4 members (excludes halogenated alkanes) is 56. The Bertz CT molecular complexity index is 1440. The summed E-state index contributed by atoms with van der Waals surface area (Å²) in [6.45, 7) is 4.90. The van der Waals surface area contributed by atoms with Crippen molar-refractivity contribution in [1.29, 1.82) is 0 Å². The van der Waals surface area contributed by atoms with Crippen LogP contribution >= 0.6 is 0 Å². The Morgan fingerprint density at radius 1 is 0.326 bits per heavy atom. The molecule has 1 amide bonds. The summed E-state index contributed by atoms with van der Waals surface area (Å²) in [5.74, 6) is -0.0538. The Kier molecular flexibility index (Phi) is 73.4. The fraction of sp³-hybridized carbons (Fsp3) is 0.875. The zero-order chi connectivity index (χ0) is 62.0. The van der Waals surface area contributed by atoms with Crippen molar-refractivity contribution in [3.63, 3.8) is 0 Å². The Balaban J connectivity index is 3.35. The van der Waals surface area contributed by atoms with E-state index in [2.05, 4.69) is 55.6 Å². The molecule has 2 atom stereocenters. The van der Waals surface area contributed by atoms with E-state index < -0.39 is 12.1 Å². The molecule has 506 valence electrons. The van der Waals surface area contributed by atoms with Crippen LogP contribution in [0.4, 0.5) is 0 Å². The summed E-state index contributed by atoms with van der Waals surface area (Å²) >= 11 is 0. The van der Waals surface area contributed by atoms with Gasteiger partial charge in [0.05, 0.1) is 25.4 Å². The summed E-state index contributed by atoms with van der Waals surface area (Å²) in [6.07, 6.45) is 99.5. The van der Waals surface area contributed by atoms with E-state index >= 15 is 0 Å². The highest BCUT2D eigenvalue weighted by molar-refractivity contribution is 5.76. The molecule has 0 aromatic rings. The van der Waals surface area contributed by atoms with Crippen LogP contribution in [0.25, 0.3) is 0 Å². The number of nitrogens with one attached hydrogen (secondary N) is 1. The Morgan fingerprint density at radius 3 is 0.930 bits per heavy atom. The maximum atomic E-state index is 12.5. The third-order valence-corrected chi connectivity index (χ3v) is 18.1. The zero-order valence-corrected chi connectivity index (χ0v) is 58.1. The lowest BCUT2D eigenvalue weighted by Gasteiger charge is -2.20. The molecular weight excluding hydrogens is 1050 g/mol. The average Bonchev–Trinajstić information content (AvgIpc) is 3.55. The fourth-order valence-electron chi connectivity index (χ4n) is 12.1. The molecule has 0 rings (SSSR count). The third-order valence-electron chi connectivity index (χ3n) is 18.1. The van der Waals surface area contributed by atoms with Gasteiger partial charge in [0.1, 0.15) is 0 Å². The van der Waals surface area contributed by atoms with Crippen LogP contribution in [0, 0.1) is 0 Å². The summed E-state index contributed by atoms with van der Waals surface area (Å²) in [7, 11) is 0. The number of carbonyl (C=O) groups is 2. The molecule has 86 heavy (non-hydrogen) atoms. The van der Waals surface area contributed by atoms with Gasteiger partial charge in [0, 0.05) is 12.8 Å². The van der Waals surface area contributed by atoms with Crippen LogP contribution in [0.1, 0.15) is 425 Å². The zero-order valence-electron chi connectivity index (χ0n) is 58.1. The maximum Gasteiger partial charge on any atom is 0.305 e. The second-order valence-electron chi connectivity index (χ2n) is 26.7. The van der Waals surface area contributed by atoms with Gasteiger partial charge in [-0.1, -0.05) is 377 Å². The minimum Gasteiger partial charge on any atom is -0.466 e. The lowest BCUT2D eigenvalue weighted by molar-refractivity contribution is -0.143. The number of amides is 1. The molecule has 0 aromatic heterocycles. The van der Waals surface area contributed by atoms with Crippen molar-refractivity contribution >= 4 is 11.9 Å². The van der Waals surface area contributed by atoms with Gasteiger partial charge >= 0.3 is 5.97 Å². The standard InChI is InChI=1S/C80H151NO5/c1-3-5-7-9-11-13-15-17-19-20-42-45-48-52-56-60-64-68-72-78(83)77(76-82)81-79(84)73-69-65-61-57-53-49-46-43-40-38-36-34-32-30-28-26-24-22-21-23-25-27-29-31-33-35-37-39-41-44-47-51-55-59-63-67-71-75-86-80(85)74-70-66-62-58-54-50-18-16-14-12-10-8-6-4-2/h10,12,16,18,21,23,68,72,77-78,82-83H,3-9,11,13-15,17,19-20,22,24-67,69-71,73-76H2,1-2H3,(H,81,84)/b12-10-,18-16-,23-21-,72-68+. The number of aliphatic hydroxyl groups is 2. The normalized spacial score (nSPS) is 12.7. The van der Waals surface area contributed by atoms with E-state index in [1.54, 1.807) is 6.08 Å². The minimum absolute atomic E-state index is 0.00680. The third kappa shape index (κ3) is 70.9. The van der Waals surface area contributed by atoms with Crippen LogP contribution in [0.15, 0.2) is 48.6 Å². The first kappa shape index (κ1) is 83.8. The molecule has 0 aliphatic heterocycles. The predicted molar refractivity (Wildman–Crippen MR) is 379 cm³/mol. The number of hydrogen-bond donors (Lipinski definition) is 3. The van der Waals surface area contributed by atoms with Crippen molar-refractivity contribution in [2.24, 2.45) is 0 Å². The molecule has 0 spiro atoms. The largest absolute Gasteiger partial charge is 0.466 e. The molecule has 2 unspecified atom stereocenters. The van der Waals surface area contributed by atoms with E-state index in [0.717, 1.165) is 51.4 Å². The topological polar surface area (TPSA) is 95.9 Å². The molecule has 0 bridgehead atoms. The highest BCUT2D eigenvalue weighted by Gasteiger charge is 2.18. The number of esters is 1. The Hall–Kier alpha value is -2.18. The number of ether oxygens (including phenoxy) is 1. The molecule has 0 aliphatic carbocycles. The van der Waals surface area contributed by atoms with E-state index in [1.165, 1.54) is 347 Å². The van der Waals surface area contributed by atoms with Crippen molar-refractivity contribution in [3.8, 4) is 0 Å². The van der Waals surface area contributed by atoms with Gasteiger partial charge in [-0.2, -0.15) is 0 Å². The van der Waals surface area contributed by atoms with Crippen molar-refractivity contribution in [1.82, 2.24) is 5.32 Å². The molecule has 6 heteroatoms. The SMILES string of the molecule is CCCC/C=C\C/C=C\CCCCCCCC(=O)OCCCCCCCCCCCCCCCCCC/C=C\CCCCCCCCCCCCCCCCCCCC(=O)NC(CO)C(O)/C=C/CCCCCCCCCCCCCCCCCC. The summed E-state index contributed by atoms with van der Waals surface area (Å²) in [5.41, 5.74) is 0. The Morgan fingerprint density at radius 2 is 0.593 bits per heavy atom. The number of rotatable bonds is 73. The van der Waals surface area contributed by atoms with Crippen molar-refractivity contribution in [2.45, 2.75) is 437 Å². The highest BCUT2D eigenvalue weighted by atomic mass is 16.5. The van der Waals surface area contributed by atoms with Gasteiger partial charge in [0.2, 0.25) is 5.91 Å². The van der Waals surface area contributed by atoms with E-state index in [-0.39, 0.29) is 18.5 Å². The second-order valence-corrected chi connectivity index (χ2v) is 26.7. The van der Waals surface area contributed by atoms with Crippen LogP contribution < -0.4 is 5.32 Å². The number of allylic oxidation sites excluding steroid dienone is 7. The molecule has 3 N–H and O–H groups in total. The van der Waals surface area contributed by atoms with Crippen molar-refractivity contribution < 1.29 is 24.5 Å². The fourth-order valence-corrected chi connectivity index (χ4v) is 12.1. The number of aliphatic hydroxyl groups excluding tert-OH is 2. The summed E-state index contributed by atoms with van der Waals surface area (Å²) < 4.78 is 5.49. The summed E-state index contributed by atoms with van der Waals surface area (Å²) in [4.78, 5) is 24.6. The lowest BCUT2D eigenvalue weighted by Crippen LogP contribution is -2.45. The lowest BCUT2D eigenvalue weighted by atomic mass is 10.0. The quantitative estimate of drug-likeness (QED) is 0.0320. The second kappa shape index (κ2) is 75.3. The molecule has 6 nitrogen and oxygen atoms in total. The molecule has 0 heterocycles. The molecule has 0 aliphatic rings. The number of carbonyl (C=O) groups excluding carboxylic acids is 2. The smallest absolute Gasteiger partial charge is 0.305 e. The molecule has 0 aromatic carbocycles. The van der Waals surface area contributed by atoms with E-state index in [9.17, 15) is 19.8 Å². The highest BCUT2D eigenvalue weighted by Crippen LogP contribution is 2.19. The first-order valence-corrected chi connectivity index (χ1v) is 38.9. The monoisotopic (exact) mass is 1210 g/mol. The summed E-state index contributed by atoms with van der Waals surface area (Å²) in [6, 6.07) is -0.626. The Labute approximate surface area is 537 Å². The van der Waals surface area contributed by atoms with Crippen molar-refractivity contribution in [2.75, 3.05) is 13.2 Å². The van der Waals surface area contributed by atoms with E-state index in [4.69, 9.17) is 4.74 Å². The van der Waals surface area contributed by atoms with Gasteiger partial charge in [-0.05, 0) is 83.5 Å². The first-order valence-electron chi connectivity index (χ1n) is 38.9. The predicted octanol–water partition coefficient (Wildman–Crippen LogP) is 25.6. The van der Waals surface area contributed by atoms with Crippen LogP contribution in [-0.2, 0) is 14.3 Å². The van der Waals surface area contributed by atoms with Gasteiger partial charge < -0.3 is 20.3 Å². The molecule has 0 radical (unpaired) electrons. The minimum atomic E-state index is -0.843. The van der Waals surface area contributed by atoms with Gasteiger partial charge in [-0.15, -0.1) is 0 Å². The van der Waals surface area contributed by atoms with Crippen molar-refractivity contribution in [3.05, 3.63) is 48.6 Å². The first-order chi connectivity index (χ1) is 42.5. The van der Waals surface area contributed by atoms with Crippen LogP contribution in [0.2, 0.25) is 0 Å². The average molecular weight is 1210 g/mol. The molecular formula is C80H151NO5. The molecule has 0 saturated heterocycles. The van der Waals surface area contributed by atoms with E-state index in [1.807, 2.05) is 6.08 Å². The van der Waals surface area contributed by atoms with Crippen LogP contribution in [0.5, 0.6) is 0 Å². The maximum absolute atomic E-state index is 12.5. The van der Waals surface area contributed by atoms with Crippen LogP contribution in [0.3, 0.4) is 0 Å². The van der Waals surface area contributed by atoms with E-state index in [0.29, 0.717) is 19.4 Å². The van der Waals surface area contributed by atoms with Gasteiger partial charge in [0.15, 0.2) is 0 Å². The van der Waals surface area contributed by atoms with Gasteiger partial charge in [0.25, 0.3) is 0 Å². The van der Waals surface area contributed by atoms with Crippen LogP contribution in [-0.4, -0.2) is 47.4 Å². The molecule has 0 fully saturated rings. The van der Waals surface area contributed by atoms with Gasteiger partial charge in [-0.25, -0.2) is 0 Å². The van der Waals surface area contributed by atoms with Gasteiger partial charge in [-0.3, -0.25) is 9.59 Å². The summed E-state index contributed by atoms with van der Waals surface area (Å²) in [5, 5.41) is 23.2. The number of hydrogen-bond acceptors (Lipinski definition) is 5.